The standard InChI is InChI=1S/C21H14BrCl2N3O4/c22-12-3-6-18(17(7-12)20(29)30)27-19(28)11-1-4-15(5-2-11)25-21(31)26-16-9-13(23)8-14(24)10-16/h1-10H,(H,27,28)(H,29,30)(H2,25,26,31). The van der Waals surface area contributed by atoms with Crippen LogP contribution in [-0.4, -0.2) is 23.0 Å². The van der Waals surface area contributed by atoms with Crippen LogP contribution in [0, 0.1) is 0 Å². The molecule has 7 nitrogen and oxygen atoms in total. The molecule has 0 saturated carbocycles. The van der Waals surface area contributed by atoms with Crippen LogP contribution in [0.2, 0.25) is 10.0 Å². The van der Waals surface area contributed by atoms with E-state index in [1.54, 1.807) is 36.4 Å². The highest BCUT2D eigenvalue weighted by Gasteiger charge is 2.14. The molecule has 3 aromatic carbocycles. The van der Waals surface area contributed by atoms with Crippen molar-refractivity contribution in [2.24, 2.45) is 0 Å². The van der Waals surface area contributed by atoms with Crippen molar-refractivity contribution in [2.45, 2.75) is 0 Å². The summed E-state index contributed by atoms with van der Waals surface area (Å²) in [5.41, 5.74) is 1.28. The molecule has 0 bridgehead atoms. The number of halogens is 3. The van der Waals surface area contributed by atoms with Crippen LogP contribution in [0.5, 0.6) is 0 Å². The van der Waals surface area contributed by atoms with E-state index < -0.39 is 17.9 Å². The largest absolute Gasteiger partial charge is 0.478 e. The Morgan fingerprint density at radius 1 is 0.774 bits per heavy atom. The molecule has 0 aliphatic carbocycles. The van der Waals surface area contributed by atoms with Crippen molar-refractivity contribution in [2.75, 3.05) is 16.0 Å². The molecule has 158 valence electrons. The SMILES string of the molecule is O=C(Nc1ccc(C(=O)Nc2ccc(Br)cc2C(=O)O)cc1)Nc1cc(Cl)cc(Cl)c1. The van der Waals surface area contributed by atoms with Gasteiger partial charge in [0.15, 0.2) is 0 Å². The van der Waals surface area contributed by atoms with Gasteiger partial charge in [-0.15, -0.1) is 0 Å². The molecule has 0 spiro atoms. The zero-order valence-corrected chi connectivity index (χ0v) is 18.7. The Balaban J connectivity index is 1.65. The van der Waals surface area contributed by atoms with Gasteiger partial charge in [-0.2, -0.15) is 0 Å². The fourth-order valence-electron chi connectivity index (χ4n) is 2.62. The number of urea groups is 1. The first-order valence-corrected chi connectivity index (χ1v) is 10.2. The van der Waals surface area contributed by atoms with E-state index in [-0.39, 0.29) is 16.8 Å². The second-order valence-corrected chi connectivity index (χ2v) is 8.05. The molecule has 0 aliphatic rings. The molecule has 0 aliphatic heterocycles. The number of rotatable bonds is 5. The highest BCUT2D eigenvalue weighted by Crippen LogP contribution is 2.24. The van der Waals surface area contributed by atoms with Gasteiger partial charge in [0, 0.05) is 31.5 Å². The molecule has 0 radical (unpaired) electrons. The molecule has 3 rings (SSSR count). The van der Waals surface area contributed by atoms with Crippen LogP contribution in [0.4, 0.5) is 21.9 Å². The minimum absolute atomic E-state index is 0.0428. The molecule has 3 aromatic rings. The predicted octanol–water partition coefficient (Wildman–Crippen LogP) is 6.35. The van der Waals surface area contributed by atoms with Crippen molar-refractivity contribution in [3.63, 3.8) is 0 Å². The second kappa shape index (κ2) is 9.82. The van der Waals surface area contributed by atoms with E-state index in [4.69, 9.17) is 23.2 Å². The average Bonchev–Trinajstić information content (AvgIpc) is 2.68. The Hall–Kier alpha value is -3.07. The third-order valence-corrected chi connectivity index (χ3v) is 4.92. The predicted molar refractivity (Wildman–Crippen MR) is 125 cm³/mol. The van der Waals surface area contributed by atoms with Gasteiger partial charge in [-0.1, -0.05) is 39.1 Å². The first-order chi connectivity index (χ1) is 14.7. The van der Waals surface area contributed by atoms with Gasteiger partial charge in [0.05, 0.1) is 11.3 Å². The first-order valence-electron chi connectivity index (χ1n) is 8.69. The van der Waals surface area contributed by atoms with Crippen LogP contribution in [0.3, 0.4) is 0 Å². The summed E-state index contributed by atoms with van der Waals surface area (Å²) in [6.07, 6.45) is 0. The number of carboxylic acids is 1. The molecule has 0 heterocycles. The van der Waals surface area contributed by atoms with Gasteiger partial charge in [-0.3, -0.25) is 4.79 Å². The number of hydrogen-bond acceptors (Lipinski definition) is 3. The van der Waals surface area contributed by atoms with E-state index in [2.05, 4.69) is 31.9 Å². The summed E-state index contributed by atoms with van der Waals surface area (Å²) in [7, 11) is 0. The number of carbonyl (C=O) groups excluding carboxylic acids is 2. The van der Waals surface area contributed by atoms with Crippen LogP contribution in [0.1, 0.15) is 20.7 Å². The number of carbonyl (C=O) groups is 3. The number of carboxylic acid groups (broad SMARTS) is 1. The molecule has 31 heavy (non-hydrogen) atoms. The molecule has 0 aromatic heterocycles. The molecule has 10 heteroatoms. The average molecular weight is 523 g/mol. The van der Waals surface area contributed by atoms with Crippen molar-refractivity contribution in [3.05, 3.63) is 86.3 Å². The number of nitrogens with one attached hydrogen (secondary N) is 3. The van der Waals surface area contributed by atoms with E-state index in [0.29, 0.717) is 25.9 Å². The summed E-state index contributed by atoms with van der Waals surface area (Å²) >= 11 is 15.0. The normalized spacial score (nSPS) is 10.3. The smallest absolute Gasteiger partial charge is 0.337 e. The molecule has 0 atom stereocenters. The molecular formula is C21H14BrCl2N3O4. The van der Waals surface area contributed by atoms with Crippen LogP contribution in [0.15, 0.2) is 65.1 Å². The number of anilines is 3. The third-order valence-electron chi connectivity index (χ3n) is 3.99. The van der Waals surface area contributed by atoms with Gasteiger partial charge in [-0.25, -0.2) is 9.59 Å². The maximum absolute atomic E-state index is 12.5. The summed E-state index contributed by atoms with van der Waals surface area (Å²) in [6.45, 7) is 0. The Labute approximate surface area is 195 Å². The van der Waals surface area contributed by atoms with Gasteiger partial charge < -0.3 is 21.1 Å². The van der Waals surface area contributed by atoms with E-state index in [9.17, 15) is 19.5 Å². The molecule has 4 N–H and O–H groups in total. The zero-order valence-electron chi connectivity index (χ0n) is 15.6. The lowest BCUT2D eigenvalue weighted by Gasteiger charge is -2.11. The van der Waals surface area contributed by atoms with E-state index in [1.165, 1.54) is 24.3 Å². The van der Waals surface area contributed by atoms with Crippen molar-refractivity contribution in [1.82, 2.24) is 0 Å². The number of amides is 3. The Morgan fingerprint density at radius 3 is 2.00 bits per heavy atom. The molecule has 0 unspecified atom stereocenters. The minimum Gasteiger partial charge on any atom is -0.478 e. The number of hydrogen-bond donors (Lipinski definition) is 4. The highest BCUT2D eigenvalue weighted by molar-refractivity contribution is 9.10. The van der Waals surface area contributed by atoms with Crippen LogP contribution in [0.25, 0.3) is 0 Å². The van der Waals surface area contributed by atoms with E-state index in [1.807, 2.05) is 0 Å². The van der Waals surface area contributed by atoms with Crippen LogP contribution < -0.4 is 16.0 Å². The summed E-state index contributed by atoms with van der Waals surface area (Å²) in [5, 5.41) is 17.9. The monoisotopic (exact) mass is 521 g/mol. The van der Waals surface area contributed by atoms with Gasteiger partial charge in [0.2, 0.25) is 0 Å². The summed E-state index contributed by atoms with van der Waals surface area (Å²) in [4.78, 5) is 36.0. The molecule has 0 fully saturated rings. The van der Waals surface area contributed by atoms with Crippen LogP contribution >= 0.6 is 39.1 Å². The second-order valence-electron chi connectivity index (χ2n) is 6.26. The number of aromatic carboxylic acids is 1. The fraction of sp³-hybridized carbons (Fsp3) is 0. The highest BCUT2D eigenvalue weighted by atomic mass is 79.9. The summed E-state index contributed by atoms with van der Waals surface area (Å²) < 4.78 is 0.580. The Kier molecular flexibility index (Phi) is 7.17. The van der Waals surface area contributed by atoms with Gasteiger partial charge >= 0.3 is 12.0 Å². The first kappa shape index (κ1) is 22.6. The quantitative estimate of drug-likeness (QED) is 0.313. The van der Waals surface area contributed by atoms with Gasteiger partial charge in [-0.05, 0) is 60.7 Å². The van der Waals surface area contributed by atoms with Crippen LogP contribution in [-0.2, 0) is 0 Å². The third kappa shape index (κ3) is 6.21. The Morgan fingerprint density at radius 2 is 1.39 bits per heavy atom. The lowest BCUT2D eigenvalue weighted by molar-refractivity contribution is 0.0698. The fourth-order valence-corrected chi connectivity index (χ4v) is 3.51. The zero-order chi connectivity index (χ0) is 22.5. The van der Waals surface area contributed by atoms with Crippen molar-refractivity contribution < 1.29 is 19.5 Å². The lowest BCUT2D eigenvalue weighted by Crippen LogP contribution is -2.19. The number of benzene rings is 3. The minimum atomic E-state index is -1.16. The Bertz CT molecular complexity index is 1150. The van der Waals surface area contributed by atoms with Crippen molar-refractivity contribution in [3.8, 4) is 0 Å². The van der Waals surface area contributed by atoms with Crippen molar-refractivity contribution >= 4 is 74.1 Å². The maximum atomic E-state index is 12.5. The van der Waals surface area contributed by atoms with Crippen molar-refractivity contribution in [1.29, 1.82) is 0 Å². The van der Waals surface area contributed by atoms with E-state index in [0.717, 1.165) is 0 Å². The molecule has 3 amide bonds. The maximum Gasteiger partial charge on any atom is 0.337 e. The van der Waals surface area contributed by atoms with Gasteiger partial charge in [0.25, 0.3) is 5.91 Å². The molecular weight excluding hydrogens is 509 g/mol. The summed E-state index contributed by atoms with van der Waals surface area (Å²) in [6, 6.07) is 14.7. The van der Waals surface area contributed by atoms with E-state index >= 15 is 0 Å². The lowest BCUT2D eigenvalue weighted by atomic mass is 10.1. The topological polar surface area (TPSA) is 108 Å². The molecule has 0 saturated heterocycles. The van der Waals surface area contributed by atoms with Gasteiger partial charge in [0.1, 0.15) is 0 Å². The summed E-state index contributed by atoms with van der Waals surface area (Å²) in [5.74, 6) is -1.66.